The number of anilines is 1. The van der Waals surface area contributed by atoms with Gasteiger partial charge in [-0.1, -0.05) is 0 Å². The van der Waals surface area contributed by atoms with Crippen molar-refractivity contribution in [2.45, 2.75) is 31.6 Å². The molecule has 25 heavy (non-hydrogen) atoms. The van der Waals surface area contributed by atoms with Crippen LogP contribution in [0.25, 0.3) is 0 Å². The first kappa shape index (κ1) is 17.3. The quantitative estimate of drug-likeness (QED) is 0.871. The van der Waals surface area contributed by atoms with Crippen LogP contribution in [0.15, 0.2) is 18.3 Å². The average Bonchev–Trinajstić information content (AvgIpc) is 2.70. The molecule has 5 heteroatoms. The predicted octanol–water partition coefficient (Wildman–Crippen LogP) is 1.67. The lowest BCUT2D eigenvalue weighted by Crippen LogP contribution is -2.46. The van der Waals surface area contributed by atoms with Crippen LogP contribution in [-0.2, 0) is 0 Å². The SMILES string of the molecule is c1cc(C2CCCNC2)ncc1N1CCC(CN2CCNCC2)CC1. The van der Waals surface area contributed by atoms with E-state index in [1.54, 1.807) is 0 Å². The molecule has 2 N–H and O–H groups in total. The maximum Gasteiger partial charge on any atom is 0.0552 e. The van der Waals surface area contributed by atoms with Gasteiger partial charge in [-0.3, -0.25) is 4.98 Å². The number of nitrogens with zero attached hydrogens (tertiary/aromatic N) is 3. The van der Waals surface area contributed by atoms with Crippen molar-refractivity contribution in [1.29, 1.82) is 0 Å². The molecule has 3 aliphatic rings. The second kappa shape index (κ2) is 8.47. The zero-order valence-electron chi connectivity index (χ0n) is 15.4. The first-order chi connectivity index (χ1) is 12.4. The third-order valence-electron chi connectivity index (χ3n) is 6.19. The van der Waals surface area contributed by atoms with Crippen LogP contribution in [0.4, 0.5) is 5.69 Å². The van der Waals surface area contributed by atoms with Crippen LogP contribution in [-0.4, -0.2) is 68.8 Å². The standard InChI is InChI=1S/C20H33N5/c1-2-18(14-22-7-1)20-4-3-19(15-23-20)25-10-5-17(6-11-25)16-24-12-8-21-9-13-24/h3-4,15,17-18,21-22H,1-2,5-14,16H2. The monoisotopic (exact) mass is 343 g/mol. The van der Waals surface area contributed by atoms with Gasteiger partial charge in [-0.05, 0) is 50.3 Å². The van der Waals surface area contributed by atoms with Crippen molar-refractivity contribution >= 4 is 5.69 Å². The first-order valence-corrected chi connectivity index (χ1v) is 10.2. The summed E-state index contributed by atoms with van der Waals surface area (Å²) in [6, 6.07) is 4.56. The van der Waals surface area contributed by atoms with E-state index < -0.39 is 0 Å². The molecule has 0 aliphatic carbocycles. The van der Waals surface area contributed by atoms with Crippen molar-refractivity contribution in [3.8, 4) is 0 Å². The van der Waals surface area contributed by atoms with Crippen molar-refractivity contribution < 1.29 is 0 Å². The van der Waals surface area contributed by atoms with E-state index >= 15 is 0 Å². The van der Waals surface area contributed by atoms with Crippen molar-refractivity contribution in [1.82, 2.24) is 20.5 Å². The Balaban J connectivity index is 1.27. The Labute approximate surface area is 152 Å². The summed E-state index contributed by atoms with van der Waals surface area (Å²) in [4.78, 5) is 9.97. The van der Waals surface area contributed by atoms with Crippen molar-refractivity contribution in [2.75, 3.05) is 63.8 Å². The highest BCUT2D eigenvalue weighted by atomic mass is 15.2. The van der Waals surface area contributed by atoms with Crippen molar-refractivity contribution in [3.63, 3.8) is 0 Å². The summed E-state index contributed by atoms with van der Waals surface area (Å²) < 4.78 is 0. The molecule has 3 saturated heterocycles. The van der Waals surface area contributed by atoms with Gasteiger partial charge in [0.2, 0.25) is 0 Å². The number of pyridine rings is 1. The third-order valence-corrected chi connectivity index (χ3v) is 6.19. The van der Waals surface area contributed by atoms with E-state index in [2.05, 4.69) is 38.8 Å². The fourth-order valence-electron chi connectivity index (χ4n) is 4.56. The molecule has 4 rings (SSSR count). The van der Waals surface area contributed by atoms with E-state index in [1.807, 2.05) is 0 Å². The van der Waals surface area contributed by atoms with E-state index in [0.717, 1.165) is 32.1 Å². The minimum atomic E-state index is 0.604. The zero-order valence-corrected chi connectivity index (χ0v) is 15.4. The highest BCUT2D eigenvalue weighted by Gasteiger charge is 2.23. The number of hydrogen-bond acceptors (Lipinski definition) is 5. The van der Waals surface area contributed by atoms with Crippen molar-refractivity contribution in [3.05, 3.63) is 24.0 Å². The Morgan fingerprint density at radius 1 is 0.960 bits per heavy atom. The van der Waals surface area contributed by atoms with Crippen LogP contribution in [0.3, 0.4) is 0 Å². The summed E-state index contributed by atoms with van der Waals surface area (Å²) in [6.07, 6.45) is 7.29. The summed E-state index contributed by atoms with van der Waals surface area (Å²) in [5, 5.41) is 6.94. The lowest BCUT2D eigenvalue weighted by Gasteiger charge is -2.37. The van der Waals surface area contributed by atoms with Crippen molar-refractivity contribution in [2.24, 2.45) is 5.92 Å². The average molecular weight is 344 g/mol. The molecule has 0 spiro atoms. The fourth-order valence-corrected chi connectivity index (χ4v) is 4.56. The summed E-state index contributed by atoms with van der Waals surface area (Å²) >= 11 is 0. The Bertz CT molecular complexity index is 511. The van der Waals surface area contributed by atoms with Gasteiger partial charge in [-0.25, -0.2) is 0 Å². The number of rotatable bonds is 4. The molecular formula is C20H33N5. The van der Waals surface area contributed by atoms with Gasteiger partial charge in [0.1, 0.15) is 0 Å². The summed E-state index contributed by atoms with van der Waals surface area (Å²) in [7, 11) is 0. The molecular weight excluding hydrogens is 310 g/mol. The van der Waals surface area contributed by atoms with Gasteiger partial charge in [-0.15, -0.1) is 0 Å². The zero-order chi connectivity index (χ0) is 16.9. The number of aromatic nitrogens is 1. The molecule has 3 aliphatic heterocycles. The predicted molar refractivity (Wildman–Crippen MR) is 103 cm³/mol. The Hall–Kier alpha value is -1.17. The van der Waals surface area contributed by atoms with Crippen LogP contribution in [0.2, 0.25) is 0 Å². The van der Waals surface area contributed by atoms with E-state index in [1.165, 1.54) is 69.8 Å². The van der Waals surface area contributed by atoms with Crippen LogP contribution < -0.4 is 15.5 Å². The summed E-state index contributed by atoms with van der Waals surface area (Å²) in [6.45, 7) is 10.7. The molecule has 1 aromatic rings. The molecule has 1 aromatic heterocycles. The van der Waals surface area contributed by atoms with E-state index in [9.17, 15) is 0 Å². The van der Waals surface area contributed by atoms with E-state index in [0.29, 0.717) is 5.92 Å². The lowest BCUT2D eigenvalue weighted by molar-refractivity contribution is 0.190. The van der Waals surface area contributed by atoms with Gasteiger partial charge in [0.15, 0.2) is 0 Å². The van der Waals surface area contributed by atoms with Crippen LogP contribution in [0.1, 0.15) is 37.3 Å². The van der Waals surface area contributed by atoms with Gasteiger partial charge >= 0.3 is 0 Å². The normalized spacial score (nSPS) is 26.7. The van der Waals surface area contributed by atoms with Crippen LogP contribution >= 0.6 is 0 Å². The second-order valence-electron chi connectivity index (χ2n) is 7.97. The largest absolute Gasteiger partial charge is 0.370 e. The Morgan fingerprint density at radius 2 is 1.80 bits per heavy atom. The van der Waals surface area contributed by atoms with Crippen LogP contribution in [0.5, 0.6) is 0 Å². The molecule has 3 fully saturated rings. The van der Waals surface area contributed by atoms with Gasteiger partial charge in [0.25, 0.3) is 0 Å². The molecule has 0 radical (unpaired) electrons. The summed E-state index contributed by atoms with van der Waals surface area (Å²) in [5.74, 6) is 1.47. The highest BCUT2D eigenvalue weighted by molar-refractivity contribution is 5.45. The Morgan fingerprint density at radius 3 is 2.48 bits per heavy atom. The molecule has 0 amide bonds. The topological polar surface area (TPSA) is 43.4 Å². The molecule has 138 valence electrons. The molecule has 0 aromatic carbocycles. The maximum atomic E-state index is 4.79. The molecule has 1 atom stereocenters. The number of nitrogens with one attached hydrogen (secondary N) is 2. The smallest absolute Gasteiger partial charge is 0.0552 e. The fraction of sp³-hybridized carbons (Fsp3) is 0.750. The van der Waals surface area contributed by atoms with Crippen LogP contribution in [0, 0.1) is 5.92 Å². The molecule has 1 unspecified atom stereocenters. The number of hydrogen-bond donors (Lipinski definition) is 2. The number of piperazine rings is 1. The van der Waals surface area contributed by atoms with E-state index in [4.69, 9.17) is 4.98 Å². The lowest BCUT2D eigenvalue weighted by atomic mass is 9.94. The minimum Gasteiger partial charge on any atom is -0.370 e. The molecule has 0 saturated carbocycles. The summed E-state index contributed by atoms with van der Waals surface area (Å²) in [5.41, 5.74) is 2.58. The maximum absolute atomic E-state index is 4.79. The highest BCUT2D eigenvalue weighted by Crippen LogP contribution is 2.26. The van der Waals surface area contributed by atoms with Gasteiger partial charge < -0.3 is 20.4 Å². The third kappa shape index (κ3) is 4.52. The Kier molecular flexibility index (Phi) is 5.85. The number of piperidine rings is 2. The van der Waals surface area contributed by atoms with Gasteiger partial charge in [0, 0.05) is 64.0 Å². The van der Waals surface area contributed by atoms with Gasteiger partial charge in [-0.2, -0.15) is 0 Å². The first-order valence-electron chi connectivity index (χ1n) is 10.2. The van der Waals surface area contributed by atoms with Gasteiger partial charge in [0.05, 0.1) is 11.9 Å². The molecule has 5 nitrogen and oxygen atoms in total. The molecule has 4 heterocycles. The second-order valence-corrected chi connectivity index (χ2v) is 7.97. The van der Waals surface area contributed by atoms with E-state index in [-0.39, 0.29) is 0 Å². The molecule has 0 bridgehead atoms. The minimum absolute atomic E-state index is 0.604.